The van der Waals surface area contributed by atoms with E-state index >= 15 is 0 Å². The second-order valence-corrected chi connectivity index (χ2v) is 4.72. The molecule has 2 aliphatic heterocycles. The van der Waals surface area contributed by atoms with E-state index in [9.17, 15) is 5.11 Å². The van der Waals surface area contributed by atoms with E-state index in [0.717, 1.165) is 44.0 Å². The van der Waals surface area contributed by atoms with Crippen molar-refractivity contribution in [3.05, 3.63) is 11.6 Å². The van der Waals surface area contributed by atoms with Crippen LogP contribution in [0.1, 0.15) is 49.3 Å². The van der Waals surface area contributed by atoms with Gasteiger partial charge in [0.05, 0.1) is 12.6 Å². The van der Waals surface area contributed by atoms with Crippen LogP contribution in [0.25, 0.3) is 0 Å². The minimum absolute atomic E-state index is 0.191. The van der Waals surface area contributed by atoms with E-state index in [0.29, 0.717) is 6.04 Å². The van der Waals surface area contributed by atoms with E-state index in [2.05, 4.69) is 15.4 Å². The molecule has 2 N–H and O–H groups in total. The molecule has 1 aromatic rings. The first-order chi connectivity index (χ1) is 7.88. The summed E-state index contributed by atoms with van der Waals surface area (Å²) in [5.41, 5.74) is 0. The highest BCUT2D eigenvalue weighted by Crippen LogP contribution is 2.27. The van der Waals surface area contributed by atoms with E-state index in [1.54, 1.807) is 0 Å². The van der Waals surface area contributed by atoms with Crippen LogP contribution in [0.3, 0.4) is 0 Å². The van der Waals surface area contributed by atoms with Crippen molar-refractivity contribution >= 4 is 0 Å². The van der Waals surface area contributed by atoms with Crippen LogP contribution in [0, 0.1) is 0 Å². The van der Waals surface area contributed by atoms with Crippen LogP contribution in [0.4, 0.5) is 0 Å². The van der Waals surface area contributed by atoms with Crippen molar-refractivity contribution in [1.82, 2.24) is 20.1 Å². The Balaban J connectivity index is 1.89. The summed E-state index contributed by atoms with van der Waals surface area (Å²) in [7, 11) is 0. The predicted octanol–water partition coefficient (Wildman–Crippen LogP) is 0.572. The van der Waals surface area contributed by atoms with Gasteiger partial charge in [-0.25, -0.2) is 9.67 Å². The normalized spacial score (nSPS) is 29.3. The van der Waals surface area contributed by atoms with Gasteiger partial charge in [0.2, 0.25) is 0 Å². The van der Waals surface area contributed by atoms with Gasteiger partial charge < -0.3 is 10.4 Å². The number of hydrogen-bond donors (Lipinski definition) is 2. The fourth-order valence-corrected chi connectivity index (χ4v) is 2.68. The third-order valence-electron chi connectivity index (χ3n) is 3.60. The third kappa shape index (κ3) is 1.64. The van der Waals surface area contributed by atoms with Gasteiger partial charge in [0, 0.05) is 12.5 Å². The van der Waals surface area contributed by atoms with E-state index in [4.69, 9.17) is 0 Å². The molecule has 2 unspecified atom stereocenters. The van der Waals surface area contributed by atoms with Gasteiger partial charge in [-0.2, -0.15) is 5.10 Å². The molecule has 88 valence electrons. The van der Waals surface area contributed by atoms with E-state index < -0.39 is 0 Å². The Bertz CT molecular complexity index is 370. The molecule has 3 rings (SSSR count). The van der Waals surface area contributed by atoms with Crippen molar-refractivity contribution in [3.63, 3.8) is 0 Å². The van der Waals surface area contributed by atoms with Crippen molar-refractivity contribution < 1.29 is 5.11 Å². The number of aliphatic hydroxyl groups excluding tert-OH is 1. The molecule has 1 aromatic heterocycles. The number of aliphatic hydroxyl groups is 1. The Morgan fingerprint density at radius 1 is 1.38 bits per heavy atom. The predicted molar refractivity (Wildman–Crippen MR) is 59.1 cm³/mol. The average Bonchev–Trinajstić information content (AvgIpc) is 2.96. The van der Waals surface area contributed by atoms with Gasteiger partial charge in [0.1, 0.15) is 5.82 Å². The smallest absolute Gasteiger partial charge is 0.167 e. The molecule has 5 heteroatoms. The van der Waals surface area contributed by atoms with Crippen molar-refractivity contribution in [2.45, 2.75) is 44.2 Å². The molecule has 0 amide bonds. The molecule has 16 heavy (non-hydrogen) atoms. The maximum Gasteiger partial charge on any atom is 0.167 e. The van der Waals surface area contributed by atoms with Crippen LogP contribution < -0.4 is 5.32 Å². The molecule has 0 aromatic carbocycles. The molecule has 0 saturated carbocycles. The van der Waals surface area contributed by atoms with Crippen LogP contribution in [0.5, 0.6) is 0 Å². The Morgan fingerprint density at radius 3 is 3.06 bits per heavy atom. The maximum atomic E-state index is 9.32. The lowest BCUT2D eigenvalue weighted by molar-refractivity contribution is 0.234. The van der Waals surface area contributed by atoms with Gasteiger partial charge in [-0.3, -0.25) is 0 Å². The standard InChI is InChI=1S/C11H18N4O/c16-7-8-3-2-6-15-11(8)13-10(14-15)9-4-1-5-12-9/h8-9,12,16H,1-7H2. The van der Waals surface area contributed by atoms with Gasteiger partial charge >= 0.3 is 0 Å². The van der Waals surface area contributed by atoms with Crippen LogP contribution in [-0.2, 0) is 6.54 Å². The van der Waals surface area contributed by atoms with Crippen LogP contribution in [-0.4, -0.2) is 33.0 Å². The van der Waals surface area contributed by atoms with Crippen molar-refractivity contribution in [2.24, 2.45) is 0 Å². The van der Waals surface area contributed by atoms with Crippen LogP contribution >= 0.6 is 0 Å². The largest absolute Gasteiger partial charge is 0.396 e. The summed E-state index contributed by atoms with van der Waals surface area (Å²) in [4.78, 5) is 4.61. The van der Waals surface area contributed by atoms with Gasteiger partial charge in [0.25, 0.3) is 0 Å². The molecule has 5 nitrogen and oxygen atoms in total. The second-order valence-electron chi connectivity index (χ2n) is 4.72. The topological polar surface area (TPSA) is 63.0 Å². The van der Waals surface area contributed by atoms with Crippen LogP contribution in [0.2, 0.25) is 0 Å². The lowest BCUT2D eigenvalue weighted by Crippen LogP contribution is -2.19. The van der Waals surface area contributed by atoms with Gasteiger partial charge in [-0.15, -0.1) is 0 Å². The van der Waals surface area contributed by atoms with E-state index in [-0.39, 0.29) is 12.5 Å². The summed E-state index contributed by atoms with van der Waals surface area (Å²) in [6, 6.07) is 0.331. The highest BCUT2D eigenvalue weighted by atomic mass is 16.3. The fourth-order valence-electron chi connectivity index (χ4n) is 2.68. The summed E-state index contributed by atoms with van der Waals surface area (Å²) in [6.45, 7) is 2.21. The van der Waals surface area contributed by atoms with E-state index in [1.807, 2.05) is 4.68 Å². The quantitative estimate of drug-likeness (QED) is 0.768. The molecule has 3 heterocycles. The number of fused-ring (bicyclic) bond motifs is 1. The van der Waals surface area contributed by atoms with Crippen molar-refractivity contribution in [3.8, 4) is 0 Å². The molecular formula is C11H18N4O. The number of aryl methyl sites for hydroxylation is 1. The highest BCUT2D eigenvalue weighted by Gasteiger charge is 2.27. The summed E-state index contributed by atoms with van der Waals surface area (Å²) >= 11 is 0. The minimum atomic E-state index is 0.191. The molecule has 2 atom stereocenters. The molecule has 2 aliphatic rings. The van der Waals surface area contributed by atoms with Gasteiger partial charge in [-0.1, -0.05) is 0 Å². The minimum Gasteiger partial charge on any atom is -0.396 e. The SMILES string of the molecule is OCC1CCCn2nc(C3CCCN3)nc21. The number of nitrogens with zero attached hydrogens (tertiary/aromatic N) is 3. The lowest BCUT2D eigenvalue weighted by Gasteiger charge is -2.19. The number of hydrogen-bond acceptors (Lipinski definition) is 4. The zero-order valence-electron chi connectivity index (χ0n) is 9.39. The van der Waals surface area contributed by atoms with Gasteiger partial charge in [0.15, 0.2) is 5.82 Å². The maximum absolute atomic E-state index is 9.32. The number of nitrogens with one attached hydrogen (secondary N) is 1. The first kappa shape index (κ1) is 10.2. The zero-order valence-corrected chi connectivity index (χ0v) is 9.39. The third-order valence-corrected chi connectivity index (χ3v) is 3.60. The molecule has 0 bridgehead atoms. The van der Waals surface area contributed by atoms with E-state index in [1.165, 1.54) is 6.42 Å². The van der Waals surface area contributed by atoms with Crippen molar-refractivity contribution in [2.75, 3.05) is 13.2 Å². The molecule has 1 saturated heterocycles. The van der Waals surface area contributed by atoms with Gasteiger partial charge in [-0.05, 0) is 32.2 Å². The fraction of sp³-hybridized carbons (Fsp3) is 0.818. The summed E-state index contributed by atoms with van der Waals surface area (Å²) in [5.74, 6) is 2.10. The number of rotatable bonds is 2. The Kier molecular flexibility index (Phi) is 2.65. The molecule has 0 spiro atoms. The molecule has 0 aliphatic carbocycles. The first-order valence-electron chi connectivity index (χ1n) is 6.17. The zero-order chi connectivity index (χ0) is 11.0. The highest BCUT2D eigenvalue weighted by molar-refractivity contribution is 5.06. The van der Waals surface area contributed by atoms with Crippen LogP contribution in [0.15, 0.2) is 0 Å². The first-order valence-corrected chi connectivity index (χ1v) is 6.17. The molecular weight excluding hydrogens is 204 g/mol. The lowest BCUT2D eigenvalue weighted by atomic mass is 10.0. The average molecular weight is 222 g/mol. The second kappa shape index (κ2) is 4.14. The summed E-state index contributed by atoms with van der Waals surface area (Å²) in [5, 5.41) is 17.3. The molecule has 1 fully saturated rings. The number of aromatic nitrogens is 3. The Morgan fingerprint density at radius 2 is 2.31 bits per heavy atom. The Labute approximate surface area is 94.9 Å². The van der Waals surface area contributed by atoms with Crippen molar-refractivity contribution in [1.29, 1.82) is 0 Å². The monoisotopic (exact) mass is 222 g/mol. The Hall–Kier alpha value is -0.940. The summed E-state index contributed by atoms with van der Waals surface area (Å²) < 4.78 is 1.99. The summed E-state index contributed by atoms with van der Waals surface area (Å²) in [6.07, 6.45) is 4.47. The molecule has 0 radical (unpaired) electrons.